The van der Waals surface area contributed by atoms with Gasteiger partial charge in [-0.2, -0.15) is 4.73 Å². The van der Waals surface area contributed by atoms with Crippen molar-refractivity contribution in [1.82, 2.24) is 19.3 Å². The van der Waals surface area contributed by atoms with E-state index in [0.29, 0.717) is 39.4 Å². The van der Waals surface area contributed by atoms with E-state index in [-0.39, 0.29) is 5.91 Å². The summed E-state index contributed by atoms with van der Waals surface area (Å²) in [6.45, 7) is 7.12. The lowest BCUT2D eigenvalue weighted by molar-refractivity contribution is 0.102. The van der Waals surface area contributed by atoms with Gasteiger partial charge in [-0.05, 0) is 60.7 Å². The molecule has 0 saturated heterocycles. The van der Waals surface area contributed by atoms with Gasteiger partial charge in [0.05, 0.1) is 23.9 Å². The van der Waals surface area contributed by atoms with Crippen molar-refractivity contribution in [3.8, 4) is 17.1 Å². The molecular weight excluding hydrogens is 404 g/mol. The molecule has 0 aliphatic heterocycles. The summed E-state index contributed by atoms with van der Waals surface area (Å²) >= 11 is 0. The molecule has 0 unspecified atom stereocenters. The first-order chi connectivity index (χ1) is 15.6. The monoisotopic (exact) mass is 420 g/mol. The van der Waals surface area contributed by atoms with Gasteiger partial charge >= 0.3 is 0 Å². The number of hydrogen-bond donors (Lipinski definition) is 2. The lowest BCUT2D eigenvalue weighted by Crippen LogP contribution is -2.11. The molecule has 0 bridgehead atoms. The van der Waals surface area contributed by atoms with Gasteiger partial charge in [0.25, 0.3) is 5.91 Å². The molecule has 0 radical (unpaired) electrons. The Labute approximate surface area is 182 Å². The van der Waals surface area contributed by atoms with Gasteiger partial charge in [0.1, 0.15) is 0 Å². The minimum absolute atomic E-state index is 0.226. The highest BCUT2D eigenvalue weighted by Gasteiger charge is 2.13. The highest BCUT2D eigenvalue weighted by molar-refractivity contribution is 6.04. The Hall–Kier alpha value is -4.90. The fourth-order valence-corrected chi connectivity index (χ4v) is 3.41. The number of carbonyl (C=O) groups excluding carboxylic acids is 1. The maximum Gasteiger partial charge on any atom is 0.255 e. The van der Waals surface area contributed by atoms with Crippen LogP contribution in [0.15, 0.2) is 85.5 Å². The van der Waals surface area contributed by atoms with E-state index in [2.05, 4.69) is 20.1 Å². The summed E-state index contributed by atoms with van der Waals surface area (Å²) in [6, 6.07) is 19.2. The van der Waals surface area contributed by atoms with Crippen molar-refractivity contribution in [2.45, 2.75) is 0 Å². The zero-order chi connectivity index (χ0) is 22.1. The van der Waals surface area contributed by atoms with E-state index >= 15 is 0 Å². The first-order valence-electron chi connectivity index (χ1n) is 9.72. The molecule has 0 spiro atoms. The standard InChI is InChI=1S/C24H16N6O2/c1-25-19-8-11-21-22(14-19)30(32)23(28-21)16-2-6-18(7-3-16)27-24(31)17-4-9-20(10-5-17)29-13-12-26-15-29/h2-15,32H,(H,27,31). The zero-order valence-electron chi connectivity index (χ0n) is 16.7. The van der Waals surface area contributed by atoms with Gasteiger partial charge in [-0.3, -0.25) is 4.79 Å². The maximum atomic E-state index is 12.6. The van der Waals surface area contributed by atoms with Gasteiger partial charge in [-0.1, -0.05) is 6.07 Å². The average Bonchev–Trinajstić information content (AvgIpc) is 3.48. The number of anilines is 1. The van der Waals surface area contributed by atoms with Gasteiger partial charge in [0.15, 0.2) is 11.5 Å². The molecular formula is C24H16N6O2. The van der Waals surface area contributed by atoms with E-state index in [1.54, 1.807) is 67.1 Å². The molecule has 8 nitrogen and oxygen atoms in total. The van der Waals surface area contributed by atoms with E-state index in [1.807, 2.05) is 22.9 Å². The second-order valence-electron chi connectivity index (χ2n) is 7.08. The minimum Gasteiger partial charge on any atom is -0.426 e. The van der Waals surface area contributed by atoms with E-state index in [4.69, 9.17) is 6.57 Å². The van der Waals surface area contributed by atoms with Crippen LogP contribution in [0.5, 0.6) is 0 Å². The number of amides is 1. The number of nitrogens with one attached hydrogen (secondary N) is 1. The van der Waals surface area contributed by atoms with Crippen molar-refractivity contribution in [2.75, 3.05) is 5.32 Å². The Kier molecular flexibility index (Phi) is 4.61. The molecule has 1 amide bonds. The Morgan fingerprint density at radius 3 is 2.50 bits per heavy atom. The summed E-state index contributed by atoms with van der Waals surface area (Å²) in [6.07, 6.45) is 5.22. The molecule has 0 aliphatic carbocycles. The number of fused-ring (bicyclic) bond motifs is 1. The van der Waals surface area contributed by atoms with Crippen LogP contribution in [-0.4, -0.2) is 30.4 Å². The lowest BCUT2D eigenvalue weighted by atomic mass is 10.1. The smallest absolute Gasteiger partial charge is 0.255 e. The number of nitrogens with zero attached hydrogens (tertiary/aromatic N) is 5. The van der Waals surface area contributed by atoms with Crippen molar-refractivity contribution < 1.29 is 10.0 Å². The van der Waals surface area contributed by atoms with Crippen molar-refractivity contribution in [1.29, 1.82) is 0 Å². The normalized spacial score (nSPS) is 10.7. The highest BCUT2D eigenvalue weighted by atomic mass is 16.5. The van der Waals surface area contributed by atoms with Crippen LogP contribution in [0.2, 0.25) is 0 Å². The van der Waals surface area contributed by atoms with E-state index < -0.39 is 0 Å². The lowest BCUT2D eigenvalue weighted by Gasteiger charge is -2.08. The van der Waals surface area contributed by atoms with Crippen molar-refractivity contribution in [3.05, 3.63) is 102 Å². The maximum absolute atomic E-state index is 12.6. The topological polar surface area (TPSA) is 89.3 Å². The number of aromatic nitrogens is 4. The van der Waals surface area contributed by atoms with Crippen LogP contribution in [0.1, 0.15) is 10.4 Å². The van der Waals surface area contributed by atoms with Gasteiger partial charge in [0.2, 0.25) is 0 Å². The number of rotatable bonds is 4. The van der Waals surface area contributed by atoms with Crippen molar-refractivity contribution in [2.24, 2.45) is 0 Å². The fourth-order valence-electron chi connectivity index (χ4n) is 3.41. The summed E-state index contributed by atoms with van der Waals surface area (Å²) in [5.41, 5.74) is 4.22. The summed E-state index contributed by atoms with van der Waals surface area (Å²) in [4.78, 5) is 24.4. The molecule has 0 atom stereocenters. The molecule has 8 heteroatoms. The molecule has 5 aromatic rings. The van der Waals surface area contributed by atoms with E-state index in [9.17, 15) is 10.0 Å². The highest BCUT2D eigenvalue weighted by Crippen LogP contribution is 2.27. The predicted molar refractivity (Wildman–Crippen MR) is 120 cm³/mol. The SMILES string of the molecule is [C-]#[N+]c1ccc2nc(-c3ccc(NC(=O)c4ccc(-n5ccnc5)cc4)cc3)n(O)c2c1. The Morgan fingerprint density at radius 1 is 1.03 bits per heavy atom. The third-order valence-electron chi connectivity index (χ3n) is 5.08. The molecule has 0 aliphatic rings. The number of benzene rings is 3. The van der Waals surface area contributed by atoms with Crippen LogP contribution in [0.4, 0.5) is 11.4 Å². The van der Waals surface area contributed by atoms with Crippen LogP contribution in [0.3, 0.4) is 0 Å². The van der Waals surface area contributed by atoms with Gasteiger partial charge in [-0.15, -0.1) is 0 Å². The van der Waals surface area contributed by atoms with Gasteiger partial charge in [0, 0.05) is 34.9 Å². The van der Waals surface area contributed by atoms with Crippen LogP contribution >= 0.6 is 0 Å². The quantitative estimate of drug-likeness (QED) is 0.319. The second-order valence-corrected chi connectivity index (χ2v) is 7.08. The summed E-state index contributed by atoms with van der Waals surface area (Å²) < 4.78 is 2.83. The molecule has 154 valence electrons. The molecule has 32 heavy (non-hydrogen) atoms. The largest absolute Gasteiger partial charge is 0.426 e. The van der Waals surface area contributed by atoms with Crippen LogP contribution in [0, 0.1) is 6.57 Å². The number of hydrogen-bond acceptors (Lipinski definition) is 4. The summed E-state index contributed by atoms with van der Waals surface area (Å²) in [5.74, 6) is 0.131. The predicted octanol–water partition coefficient (Wildman–Crippen LogP) is 4.93. The van der Waals surface area contributed by atoms with E-state index in [0.717, 1.165) is 10.4 Å². The van der Waals surface area contributed by atoms with Crippen molar-refractivity contribution in [3.63, 3.8) is 0 Å². The Balaban J connectivity index is 1.34. The number of carbonyl (C=O) groups is 1. The second kappa shape index (κ2) is 7.74. The van der Waals surface area contributed by atoms with E-state index in [1.165, 1.54) is 0 Å². The molecule has 2 heterocycles. The van der Waals surface area contributed by atoms with Gasteiger partial charge in [-0.25, -0.2) is 14.8 Å². The molecule has 0 saturated carbocycles. The van der Waals surface area contributed by atoms with Gasteiger partial charge < -0.3 is 15.1 Å². The molecule has 2 aromatic heterocycles. The summed E-state index contributed by atoms with van der Waals surface area (Å²) in [7, 11) is 0. The van der Waals surface area contributed by atoms with Crippen molar-refractivity contribution >= 4 is 28.3 Å². The molecule has 2 N–H and O–H groups in total. The third-order valence-corrected chi connectivity index (χ3v) is 5.08. The van der Waals surface area contributed by atoms with Crippen LogP contribution in [0.25, 0.3) is 33.0 Å². The number of imidazole rings is 2. The minimum atomic E-state index is -0.226. The molecule has 5 rings (SSSR count). The average molecular weight is 420 g/mol. The third kappa shape index (κ3) is 3.44. The Morgan fingerprint density at radius 2 is 1.81 bits per heavy atom. The molecule has 0 fully saturated rings. The van der Waals surface area contributed by atoms with Crippen LogP contribution in [-0.2, 0) is 0 Å². The summed E-state index contributed by atoms with van der Waals surface area (Å²) in [5, 5.41) is 13.4. The fraction of sp³-hybridized carbons (Fsp3) is 0. The first-order valence-corrected chi connectivity index (χ1v) is 9.72. The Bertz CT molecular complexity index is 1460. The molecule has 3 aromatic carbocycles. The first kappa shape index (κ1) is 19.1. The van der Waals surface area contributed by atoms with Crippen LogP contribution < -0.4 is 5.32 Å². The zero-order valence-corrected chi connectivity index (χ0v) is 16.7.